The van der Waals surface area contributed by atoms with Crippen LogP contribution in [0.3, 0.4) is 0 Å². The Morgan fingerprint density at radius 3 is 2.21 bits per heavy atom. The number of amides is 3. The second kappa shape index (κ2) is 11.3. The Morgan fingerprint density at radius 1 is 1.00 bits per heavy atom. The van der Waals surface area contributed by atoms with Gasteiger partial charge in [0.1, 0.15) is 6.04 Å². The van der Waals surface area contributed by atoms with Gasteiger partial charge in [-0.3, -0.25) is 14.4 Å². The summed E-state index contributed by atoms with van der Waals surface area (Å²) in [5.74, 6) is -0.648. The molecule has 7 heteroatoms. The monoisotopic (exact) mass is 469 g/mol. The van der Waals surface area contributed by atoms with E-state index in [0.717, 1.165) is 12.0 Å². The third-order valence-corrected chi connectivity index (χ3v) is 6.69. The summed E-state index contributed by atoms with van der Waals surface area (Å²) in [6.07, 6.45) is 2.04. The van der Waals surface area contributed by atoms with Gasteiger partial charge < -0.3 is 15.5 Å². The number of carbonyl (C=O) groups is 3. The number of halogens is 1. The van der Waals surface area contributed by atoms with Gasteiger partial charge in [-0.25, -0.2) is 0 Å². The zero-order chi connectivity index (χ0) is 24.0. The third-order valence-electron chi connectivity index (χ3n) is 6.36. The molecule has 2 N–H and O–H groups in total. The SMILES string of the molecule is CC[C@H](C)NC(=O)[C@H](NC(=O)c1ccccc1Cl)C1CCN(C(=O)c2ccccc2C)CC1. The van der Waals surface area contributed by atoms with Gasteiger partial charge in [-0.2, -0.15) is 0 Å². The Labute approximate surface area is 200 Å². The van der Waals surface area contributed by atoms with Gasteiger partial charge in [-0.1, -0.05) is 48.9 Å². The lowest BCUT2D eigenvalue weighted by atomic mass is 9.88. The lowest BCUT2D eigenvalue weighted by Gasteiger charge is -2.36. The highest BCUT2D eigenvalue weighted by atomic mass is 35.5. The van der Waals surface area contributed by atoms with E-state index < -0.39 is 6.04 Å². The van der Waals surface area contributed by atoms with Crippen LogP contribution in [-0.4, -0.2) is 47.8 Å². The second-order valence-corrected chi connectivity index (χ2v) is 9.10. The average Bonchev–Trinajstić information content (AvgIpc) is 2.82. The lowest BCUT2D eigenvalue weighted by molar-refractivity contribution is -0.125. The molecule has 2 aromatic carbocycles. The largest absolute Gasteiger partial charge is 0.352 e. The smallest absolute Gasteiger partial charge is 0.254 e. The number of rotatable bonds is 7. The van der Waals surface area contributed by atoms with Crippen LogP contribution < -0.4 is 10.6 Å². The molecular formula is C26H32ClN3O3. The van der Waals surface area contributed by atoms with E-state index in [4.69, 9.17) is 11.6 Å². The topological polar surface area (TPSA) is 78.5 Å². The van der Waals surface area contributed by atoms with E-state index in [1.54, 1.807) is 24.3 Å². The van der Waals surface area contributed by atoms with E-state index in [9.17, 15) is 14.4 Å². The molecule has 1 aliphatic rings. The summed E-state index contributed by atoms with van der Waals surface area (Å²) < 4.78 is 0. The van der Waals surface area contributed by atoms with Crippen molar-refractivity contribution in [2.45, 2.75) is 52.1 Å². The van der Waals surface area contributed by atoms with Crippen LogP contribution >= 0.6 is 11.6 Å². The summed E-state index contributed by atoms with van der Waals surface area (Å²) in [5.41, 5.74) is 1.99. The zero-order valence-electron chi connectivity index (χ0n) is 19.4. The van der Waals surface area contributed by atoms with Crippen LogP contribution in [-0.2, 0) is 4.79 Å². The number of hydrogen-bond acceptors (Lipinski definition) is 3. The van der Waals surface area contributed by atoms with Gasteiger partial charge in [0.15, 0.2) is 0 Å². The van der Waals surface area contributed by atoms with Gasteiger partial charge in [0.2, 0.25) is 5.91 Å². The molecule has 0 saturated carbocycles. The van der Waals surface area contributed by atoms with Crippen LogP contribution in [0.5, 0.6) is 0 Å². The van der Waals surface area contributed by atoms with Crippen molar-refractivity contribution < 1.29 is 14.4 Å². The molecule has 176 valence electrons. The van der Waals surface area contributed by atoms with Crippen molar-refractivity contribution in [3.63, 3.8) is 0 Å². The van der Waals surface area contributed by atoms with E-state index in [-0.39, 0.29) is 29.7 Å². The highest BCUT2D eigenvalue weighted by Gasteiger charge is 2.35. The first kappa shape index (κ1) is 24.8. The molecular weight excluding hydrogens is 438 g/mol. The molecule has 0 aromatic heterocycles. The molecule has 1 heterocycles. The Balaban J connectivity index is 1.72. The van der Waals surface area contributed by atoms with Gasteiger partial charge >= 0.3 is 0 Å². The van der Waals surface area contributed by atoms with Gasteiger partial charge in [0.25, 0.3) is 11.8 Å². The summed E-state index contributed by atoms with van der Waals surface area (Å²) in [6, 6.07) is 13.7. The van der Waals surface area contributed by atoms with Gasteiger partial charge in [0.05, 0.1) is 10.6 Å². The Bertz CT molecular complexity index is 1000. The number of nitrogens with zero attached hydrogens (tertiary/aromatic N) is 1. The normalized spacial score (nSPS) is 16.1. The van der Waals surface area contributed by atoms with E-state index in [2.05, 4.69) is 10.6 Å². The minimum atomic E-state index is -0.696. The number of carbonyl (C=O) groups excluding carboxylic acids is 3. The number of nitrogens with one attached hydrogen (secondary N) is 2. The van der Waals surface area contributed by atoms with Crippen LogP contribution in [0.15, 0.2) is 48.5 Å². The molecule has 2 atom stereocenters. The van der Waals surface area contributed by atoms with Crippen molar-refractivity contribution in [1.82, 2.24) is 15.5 Å². The standard InChI is InChI=1S/C26H32ClN3O3/c1-4-18(3)28-25(32)23(29-24(31)21-11-7-8-12-22(21)27)19-13-15-30(16-14-19)26(33)20-10-6-5-9-17(20)2/h5-12,18-19,23H,4,13-16H2,1-3H3,(H,28,32)(H,29,31)/t18-,23+/m0/s1. The Morgan fingerprint density at radius 2 is 1.61 bits per heavy atom. The lowest BCUT2D eigenvalue weighted by Crippen LogP contribution is -2.55. The quantitative estimate of drug-likeness (QED) is 0.637. The second-order valence-electron chi connectivity index (χ2n) is 8.69. The predicted molar refractivity (Wildman–Crippen MR) is 130 cm³/mol. The van der Waals surface area contributed by atoms with Crippen LogP contribution in [0.25, 0.3) is 0 Å². The number of benzene rings is 2. The average molecular weight is 470 g/mol. The van der Waals surface area contributed by atoms with Gasteiger partial charge in [-0.05, 0) is 62.8 Å². The van der Waals surface area contributed by atoms with E-state index in [1.165, 1.54) is 0 Å². The first-order valence-electron chi connectivity index (χ1n) is 11.5. The molecule has 0 spiro atoms. The first-order valence-corrected chi connectivity index (χ1v) is 11.9. The Hall–Kier alpha value is -2.86. The summed E-state index contributed by atoms with van der Waals surface area (Å²) in [7, 11) is 0. The fourth-order valence-electron chi connectivity index (χ4n) is 4.12. The number of likely N-dealkylation sites (tertiary alicyclic amines) is 1. The van der Waals surface area contributed by atoms with Gasteiger partial charge in [-0.15, -0.1) is 0 Å². The number of piperidine rings is 1. The molecule has 1 saturated heterocycles. The van der Waals surface area contributed by atoms with Crippen molar-refractivity contribution in [2.75, 3.05) is 13.1 Å². The van der Waals surface area contributed by atoms with Crippen LogP contribution in [0.1, 0.15) is 59.4 Å². The van der Waals surface area contributed by atoms with Crippen LogP contribution in [0, 0.1) is 12.8 Å². The summed E-state index contributed by atoms with van der Waals surface area (Å²) >= 11 is 6.19. The maximum atomic E-state index is 13.1. The third kappa shape index (κ3) is 6.14. The molecule has 3 amide bonds. The molecule has 0 radical (unpaired) electrons. The maximum Gasteiger partial charge on any atom is 0.254 e. The molecule has 6 nitrogen and oxygen atoms in total. The van der Waals surface area contributed by atoms with E-state index >= 15 is 0 Å². The van der Waals surface area contributed by atoms with E-state index in [1.807, 2.05) is 49.9 Å². The number of aryl methyl sites for hydroxylation is 1. The highest BCUT2D eigenvalue weighted by Crippen LogP contribution is 2.24. The van der Waals surface area contributed by atoms with E-state index in [0.29, 0.717) is 42.1 Å². The highest BCUT2D eigenvalue weighted by molar-refractivity contribution is 6.33. The molecule has 0 bridgehead atoms. The van der Waals surface area contributed by atoms with Crippen molar-refractivity contribution in [2.24, 2.45) is 5.92 Å². The first-order chi connectivity index (χ1) is 15.8. The van der Waals surface area contributed by atoms with Crippen molar-refractivity contribution in [3.8, 4) is 0 Å². The molecule has 2 aromatic rings. The fraction of sp³-hybridized carbons (Fsp3) is 0.423. The molecule has 0 unspecified atom stereocenters. The molecule has 1 fully saturated rings. The Kier molecular flexibility index (Phi) is 8.50. The predicted octanol–water partition coefficient (Wildman–Crippen LogP) is 4.21. The maximum absolute atomic E-state index is 13.1. The summed E-state index contributed by atoms with van der Waals surface area (Å²) in [4.78, 5) is 40.8. The van der Waals surface area contributed by atoms with Crippen molar-refractivity contribution >= 4 is 29.3 Å². The van der Waals surface area contributed by atoms with Crippen molar-refractivity contribution in [1.29, 1.82) is 0 Å². The number of hydrogen-bond donors (Lipinski definition) is 2. The minimum Gasteiger partial charge on any atom is -0.352 e. The van der Waals surface area contributed by atoms with Crippen LogP contribution in [0.4, 0.5) is 0 Å². The molecule has 0 aliphatic carbocycles. The zero-order valence-corrected chi connectivity index (χ0v) is 20.2. The molecule has 1 aliphatic heterocycles. The fourth-order valence-corrected chi connectivity index (χ4v) is 4.34. The molecule has 3 rings (SSSR count). The van der Waals surface area contributed by atoms with Crippen molar-refractivity contribution in [3.05, 3.63) is 70.2 Å². The molecule has 33 heavy (non-hydrogen) atoms. The summed E-state index contributed by atoms with van der Waals surface area (Å²) in [6.45, 7) is 6.94. The van der Waals surface area contributed by atoms with Gasteiger partial charge in [0, 0.05) is 24.7 Å². The minimum absolute atomic E-state index is 0.0000575. The van der Waals surface area contributed by atoms with Crippen LogP contribution in [0.2, 0.25) is 5.02 Å². The summed E-state index contributed by atoms with van der Waals surface area (Å²) in [5, 5.41) is 6.26.